The number of piperidine rings is 1. The Morgan fingerprint density at radius 3 is 2.51 bits per heavy atom. The monoisotopic (exact) mass is 579 g/mol. The first-order valence-corrected chi connectivity index (χ1v) is 14.4. The second kappa shape index (κ2) is 11.6. The Morgan fingerprint density at radius 1 is 1.13 bits per heavy atom. The van der Waals surface area contributed by atoms with Gasteiger partial charge >= 0.3 is 16.4 Å². The molecule has 2 aromatic heterocycles. The highest BCUT2D eigenvalue weighted by atomic mass is 35.5. The average Bonchev–Trinajstić information content (AvgIpc) is 3.40. The lowest BCUT2D eigenvalue weighted by molar-refractivity contribution is 0.103. The fourth-order valence-electron chi connectivity index (χ4n) is 4.30. The summed E-state index contributed by atoms with van der Waals surface area (Å²) in [5.41, 5.74) is 1.57. The summed E-state index contributed by atoms with van der Waals surface area (Å²) in [5.74, 6) is 2.05. The number of hydrogen-bond acceptors (Lipinski definition) is 12. The molecule has 2 saturated heterocycles. The van der Waals surface area contributed by atoms with Gasteiger partial charge in [0, 0.05) is 37.8 Å². The molecule has 0 unspecified atom stereocenters. The van der Waals surface area contributed by atoms with Crippen LogP contribution in [0.4, 0.5) is 6.01 Å². The van der Waals surface area contributed by atoms with Crippen molar-refractivity contribution in [3.8, 4) is 17.5 Å². The molecule has 0 spiro atoms. The number of ether oxygens (including phenoxy) is 2. The maximum absolute atomic E-state index is 11.3. The van der Waals surface area contributed by atoms with E-state index < -0.39 is 10.4 Å². The molecule has 3 aromatic rings. The Balaban J connectivity index is 1.18. The molecule has 210 valence electrons. The number of halogens is 1. The van der Waals surface area contributed by atoms with Gasteiger partial charge in [-0.1, -0.05) is 36.7 Å². The number of benzene rings is 1. The van der Waals surface area contributed by atoms with Gasteiger partial charge in [0.1, 0.15) is 18.2 Å². The minimum Gasteiger partial charge on any atom is -0.474 e. The molecule has 2 aliphatic heterocycles. The third kappa shape index (κ3) is 6.78. The lowest BCUT2D eigenvalue weighted by Gasteiger charge is -2.30. The SMILES string of the molecule is Cc1c(Oc2ccc(CC3COS(=O)(=O)OC3)cc2Cl)ncnc1OC1CCN(c2nc(C(C)C)no2)CC1. The minimum absolute atomic E-state index is 0.0270. The van der Waals surface area contributed by atoms with Gasteiger partial charge in [-0.2, -0.15) is 13.4 Å². The van der Waals surface area contributed by atoms with E-state index >= 15 is 0 Å². The molecule has 12 nitrogen and oxygen atoms in total. The molecule has 5 rings (SSSR count). The summed E-state index contributed by atoms with van der Waals surface area (Å²) in [6.07, 6.45) is 3.47. The van der Waals surface area contributed by atoms with E-state index in [2.05, 4.69) is 25.0 Å². The van der Waals surface area contributed by atoms with Crippen LogP contribution >= 0.6 is 11.6 Å². The number of hydrogen-bond donors (Lipinski definition) is 0. The van der Waals surface area contributed by atoms with Crippen LogP contribution in [0.25, 0.3) is 0 Å². The third-order valence-electron chi connectivity index (χ3n) is 6.55. The first kappa shape index (κ1) is 27.6. The van der Waals surface area contributed by atoms with Crippen molar-refractivity contribution in [3.05, 3.63) is 46.5 Å². The molecule has 0 aliphatic carbocycles. The number of anilines is 1. The van der Waals surface area contributed by atoms with Gasteiger partial charge in [0.2, 0.25) is 11.8 Å². The van der Waals surface area contributed by atoms with Crippen molar-refractivity contribution in [1.82, 2.24) is 20.1 Å². The Kier molecular flexibility index (Phi) is 8.21. The predicted octanol–water partition coefficient (Wildman–Crippen LogP) is 4.24. The smallest absolute Gasteiger partial charge is 0.399 e. The predicted molar refractivity (Wildman–Crippen MR) is 141 cm³/mol. The summed E-state index contributed by atoms with van der Waals surface area (Å²) in [4.78, 5) is 15.1. The van der Waals surface area contributed by atoms with E-state index in [0.29, 0.717) is 46.4 Å². The van der Waals surface area contributed by atoms with E-state index in [1.165, 1.54) is 6.33 Å². The molecule has 14 heteroatoms. The molecule has 0 bridgehead atoms. The van der Waals surface area contributed by atoms with Crippen LogP contribution in [0, 0.1) is 12.8 Å². The van der Waals surface area contributed by atoms with Gasteiger partial charge in [0.05, 0.1) is 23.8 Å². The molecular formula is C25H30ClN5O7S. The zero-order valence-electron chi connectivity index (χ0n) is 21.9. The van der Waals surface area contributed by atoms with Crippen molar-refractivity contribution in [2.75, 3.05) is 31.2 Å². The molecule has 0 radical (unpaired) electrons. The summed E-state index contributed by atoms with van der Waals surface area (Å²) >= 11 is 6.49. The zero-order valence-corrected chi connectivity index (χ0v) is 23.4. The largest absolute Gasteiger partial charge is 0.474 e. The Morgan fingerprint density at radius 2 is 1.85 bits per heavy atom. The van der Waals surface area contributed by atoms with E-state index in [1.54, 1.807) is 12.1 Å². The van der Waals surface area contributed by atoms with Crippen LogP contribution in [-0.4, -0.2) is 60.9 Å². The zero-order chi connectivity index (χ0) is 27.6. The molecule has 0 amide bonds. The molecule has 2 aliphatic rings. The summed E-state index contributed by atoms with van der Waals surface area (Å²) in [6, 6.07) is 5.93. The van der Waals surface area contributed by atoms with Crippen LogP contribution in [-0.2, 0) is 25.2 Å². The van der Waals surface area contributed by atoms with Crippen LogP contribution in [0.1, 0.15) is 49.6 Å². The van der Waals surface area contributed by atoms with Gasteiger partial charge < -0.3 is 18.9 Å². The van der Waals surface area contributed by atoms with Gasteiger partial charge in [-0.05, 0) is 31.0 Å². The van der Waals surface area contributed by atoms with Gasteiger partial charge in [0.15, 0.2) is 5.82 Å². The lowest BCUT2D eigenvalue weighted by Crippen LogP contribution is -2.38. The first-order valence-electron chi connectivity index (χ1n) is 12.7. The molecule has 0 N–H and O–H groups in total. The topological polar surface area (TPSA) is 139 Å². The highest BCUT2D eigenvalue weighted by Gasteiger charge is 2.27. The van der Waals surface area contributed by atoms with Gasteiger partial charge in [0.25, 0.3) is 0 Å². The van der Waals surface area contributed by atoms with Crippen LogP contribution in [0.2, 0.25) is 5.02 Å². The Bertz CT molecular complexity index is 1400. The van der Waals surface area contributed by atoms with E-state index in [9.17, 15) is 8.42 Å². The van der Waals surface area contributed by atoms with Crippen LogP contribution < -0.4 is 14.4 Å². The Labute approximate surface area is 231 Å². The molecule has 4 heterocycles. The highest BCUT2D eigenvalue weighted by Crippen LogP contribution is 2.34. The molecule has 0 saturated carbocycles. The van der Waals surface area contributed by atoms with Crippen molar-refractivity contribution < 1.29 is 30.8 Å². The summed E-state index contributed by atoms with van der Waals surface area (Å²) in [5, 5.41) is 4.44. The fraction of sp³-hybridized carbons (Fsp3) is 0.520. The van der Waals surface area contributed by atoms with Crippen molar-refractivity contribution in [2.45, 2.75) is 52.1 Å². The summed E-state index contributed by atoms with van der Waals surface area (Å²) in [7, 11) is -3.87. The van der Waals surface area contributed by atoms with Gasteiger partial charge in [-0.25, -0.2) is 18.3 Å². The maximum Gasteiger partial charge on any atom is 0.399 e. The van der Waals surface area contributed by atoms with Gasteiger partial charge in [-0.15, -0.1) is 0 Å². The lowest BCUT2D eigenvalue weighted by atomic mass is 10.0. The highest BCUT2D eigenvalue weighted by molar-refractivity contribution is 7.81. The van der Waals surface area contributed by atoms with E-state index in [4.69, 9.17) is 34.0 Å². The second-order valence-corrected chi connectivity index (χ2v) is 11.6. The minimum atomic E-state index is -3.87. The van der Waals surface area contributed by atoms with E-state index in [-0.39, 0.29) is 31.2 Å². The van der Waals surface area contributed by atoms with E-state index in [1.807, 2.05) is 26.8 Å². The van der Waals surface area contributed by atoms with Crippen LogP contribution in [0.3, 0.4) is 0 Å². The van der Waals surface area contributed by atoms with Crippen molar-refractivity contribution in [1.29, 1.82) is 0 Å². The van der Waals surface area contributed by atoms with Crippen molar-refractivity contribution in [3.63, 3.8) is 0 Å². The third-order valence-corrected chi connectivity index (χ3v) is 7.70. The number of aromatic nitrogens is 4. The van der Waals surface area contributed by atoms with Gasteiger partial charge in [-0.3, -0.25) is 0 Å². The second-order valence-electron chi connectivity index (χ2n) is 9.92. The van der Waals surface area contributed by atoms with Crippen LogP contribution in [0.5, 0.6) is 17.5 Å². The molecule has 2 fully saturated rings. The number of rotatable bonds is 8. The van der Waals surface area contributed by atoms with Crippen LogP contribution in [0.15, 0.2) is 29.0 Å². The average molecular weight is 580 g/mol. The molecule has 0 atom stereocenters. The van der Waals surface area contributed by atoms with Crippen molar-refractivity contribution in [2.24, 2.45) is 5.92 Å². The number of nitrogens with zero attached hydrogens (tertiary/aromatic N) is 5. The van der Waals surface area contributed by atoms with E-state index in [0.717, 1.165) is 31.5 Å². The summed E-state index contributed by atoms with van der Waals surface area (Å²) in [6.45, 7) is 7.49. The molecule has 1 aromatic carbocycles. The Hall–Kier alpha value is -3.00. The molecule has 39 heavy (non-hydrogen) atoms. The fourth-order valence-corrected chi connectivity index (χ4v) is 5.33. The maximum atomic E-state index is 11.3. The quantitative estimate of drug-likeness (QED) is 0.377. The molecular weight excluding hydrogens is 550 g/mol. The van der Waals surface area contributed by atoms with Crippen molar-refractivity contribution >= 4 is 28.0 Å². The normalized spacial score (nSPS) is 18.4. The standard InChI is InChI=1S/C25H30ClN5O7S/c1-15(2)22-29-25(38-30-22)31-8-6-19(7-9-31)36-23-16(3)24(28-14-27-23)37-21-5-4-17(11-20(21)26)10-18-12-34-39(32,33)35-13-18/h4-5,11,14-15,18-19H,6-10,12-13H2,1-3H3. The first-order chi connectivity index (χ1) is 18.7. The summed E-state index contributed by atoms with van der Waals surface area (Å²) < 4.78 is 49.7.